The molecule has 0 heterocycles. The molecule has 0 N–H and O–H groups in total. The van der Waals surface area contributed by atoms with E-state index in [9.17, 15) is 4.79 Å². The minimum atomic E-state index is 0.524. The van der Waals surface area contributed by atoms with Gasteiger partial charge in [0.15, 0.2) is 0 Å². The maximum atomic E-state index is 10.6. The van der Waals surface area contributed by atoms with E-state index < -0.39 is 0 Å². The number of ether oxygens (including phenoxy) is 1. The van der Waals surface area contributed by atoms with Crippen LogP contribution in [0.25, 0.3) is 0 Å². The zero-order valence-electron chi connectivity index (χ0n) is 9.50. The summed E-state index contributed by atoms with van der Waals surface area (Å²) in [5, 5.41) is 0. The Morgan fingerprint density at radius 2 is 1.59 bits per heavy atom. The van der Waals surface area contributed by atoms with Gasteiger partial charge in [-0.3, -0.25) is 4.79 Å². The lowest BCUT2D eigenvalue weighted by Gasteiger charge is -2.04. The molecule has 0 atom stereocenters. The summed E-state index contributed by atoms with van der Waals surface area (Å²) in [5.74, 6) is 0. The lowest BCUT2D eigenvalue weighted by molar-refractivity contribution is 0.107. The monoisotopic (exact) mass is 226 g/mol. The number of rotatable bonds is 5. The van der Waals surface area contributed by atoms with Crippen LogP contribution >= 0.6 is 0 Å². The highest BCUT2D eigenvalue weighted by atomic mass is 16.5. The van der Waals surface area contributed by atoms with Gasteiger partial charge in [0.05, 0.1) is 13.2 Å². The molecule has 0 unspecified atom stereocenters. The maximum absolute atomic E-state index is 10.6. The van der Waals surface area contributed by atoms with Gasteiger partial charge >= 0.3 is 0 Å². The Morgan fingerprint density at radius 1 is 0.882 bits per heavy atom. The van der Waals surface area contributed by atoms with Crippen LogP contribution < -0.4 is 0 Å². The second kappa shape index (κ2) is 5.97. The molecule has 2 nitrogen and oxygen atoms in total. The van der Waals surface area contributed by atoms with E-state index >= 15 is 0 Å². The minimum absolute atomic E-state index is 0.524. The van der Waals surface area contributed by atoms with E-state index in [1.54, 1.807) is 6.07 Å². The maximum Gasteiger partial charge on any atom is 0.150 e. The first-order valence-corrected chi connectivity index (χ1v) is 5.54. The van der Waals surface area contributed by atoms with Crippen LogP contribution in [0.1, 0.15) is 21.5 Å². The van der Waals surface area contributed by atoms with E-state index in [0.29, 0.717) is 18.8 Å². The third-order valence-corrected chi connectivity index (χ3v) is 2.47. The topological polar surface area (TPSA) is 26.3 Å². The van der Waals surface area contributed by atoms with Crippen LogP contribution in [0.2, 0.25) is 0 Å². The third-order valence-electron chi connectivity index (χ3n) is 2.47. The summed E-state index contributed by atoms with van der Waals surface area (Å²) < 4.78 is 5.59. The predicted molar refractivity (Wildman–Crippen MR) is 66.8 cm³/mol. The summed E-state index contributed by atoms with van der Waals surface area (Å²) in [6, 6.07) is 17.5. The van der Waals surface area contributed by atoms with Crippen molar-refractivity contribution in [2.75, 3.05) is 0 Å². The van der Waals surface area contributed by atoms with E-state index in [-0.39, 0.29) is 0 Å². The summed E-state index contributed by atoms with van der Waals surface area (Å²) in [6.45, 7) is 1.11. The Balaban J connectivity index is 1.88. The molecule has 0 saturated carbocycles. The van der Waals surface area contributed by atoms with Gasteiger partial charge in [0.25, 0.3) is 0 Å². The minimum Gasteiger partial charge on any atom is -0.372 e. The molecule has 17 heavy (non-hydrogen) atoms. The van der Waals surface area contributed by atoms with Crippen molar-refractivity contribution in [2.24, 2.45) is 0 Å². The average Bonchev–Trinajstić information content (AvgIpc) is 2.40. The van der Waals surface area contributed by atoms with E-state index in [2.05, 4.69) is 0 Å². The van der Waals surface area contributed by atoms with Crippen LogP contribution in [-0.2, 0) is 18.0 Å². The van der Waals surface area contributed by atoms with Gasteiger partial charge in [-0.2, -0.15) is 0 Å². The first-order chi connectivity index (χ1) is 8.38. The van der Waals surface area contributed by atoms with Gasteiger partial charge in [-0.25, -0.2) is 0 Å². The fourth-order valence-electron chi connectivity index (χ4n) is 1.62. The quantitative estimate of drug-likeness (QED) is 0.732. The van der Waals surface area contributed by atoms with Crippen molar-refractivity contribution in [3.8, 4) is 0 Å². The van der Waals surface area contributed by atoms with E-state index in [1.165, 1.54) is 0 Å². The molecule has 0 spiro atoms. The van der Waals surface area contributed by atoms with Gasteiger partial charge in [0, 0.05) is 5.56 Å². The van der Waals surface area contributed by atoms with Crippen LogP contribution in [0.4, 0.5) is 0 Å². The highest BCUT2D eigenvalue weighted by molar-refractivity contribution is 5.74. The smallest absolute Gasteiger partial charge is 0.150 e. The lowest BCUT2D eigenvalue weighted by atomic mass is 10.1. The van der Waals surface area contributed by atoms with Gasteiger partial charge in [0.2, 0.25) is 0 Å². The fourth-order valence-corrected chi connectivity index (χ4v) is 1.62. The molecular weight excluding hydrogens is 212 g/mol. The summed E-state index contributed by atoms with van der Waals surface area (Å²) in [7, 11) is 0. The molecule has 0 aliphatic rings. The Hall–Kier alpha value is -1.93. The van der Waals surface area contributed by atoms with Crippen molar-refractivity contribution in [3.63, 3.8) is 0 Å². The number of hydrogen-bond acceptors (Lipinski definition) is 2. The van der Waals surface area contributed by atoms with Gasteiger partial charge in [-0.15, -0.1) is 0 Å². The zero-order chi connectivity index (χ0) is 11.9. The SMILES string of the molecule is O=Cc1cccc(COCc2ccccc2)c1. The first kappa shape index (κ1) is 11.6. The van der Waals surface area contributed by atoms with Crippen LogP contribution in [0, 0.1) is 0 Å². The summed E-state index contributed by atoms with van der Waals surface area (Å²) in [4.78, 5) is 10.6. The third kappa shape index (κ3) is 3.54. The molecule has 0 aliphatic heterocycles. The van der Waals surface area contributed by atoms with Crippen molar-refractivity contribution in [1.29, 1.82) is 0 Å². The highest BCUT2D eigenvalue weighted by Gasteiger charge is 1.96. The molecule has 0 aliphatic carbocycles. The number of carbonyl (C=O) groups is 1. The fraction of sp³-hybridized carbons (Fsp3) is 0.133. The summed E-state index contributed by atoms with van der Waals surface area (Å²) >= 11 is 0. The molecule has 2 rings (SSSR count). The first-order valence-electron chi connectivity index (χ1n) is 5.54. The van der Waals surface area contributed by atoms with Crippen molar-refractivity contribution in [2.45, 2.75) is 13.2 Å². The van der Waals surface area contributed by atoms with Gasteiger partial charge in [-0.1, -0.05) is 48.5 Å². The van der Waals surface area contributed by atoms with E-state index in [0.717, 1.165) is 17.4 Å². The molecule has 0 bridgehead atoms. The van der Waals surface area contributed by atoms with Crippen LogP contribution in [0.15, 0.2) is 54.6 Å². The molecule has 2 aromatic rings. The number of carbonyl (C=O) groups excluding carboxylic acids is 1. The molecule has 0 fully saturated rings. The molecule has 0 radical (unpaired) electrons. The van der Waals surface area contributed by atoms with Crippen molar-refractivity contribution < 1.29 is 9.53 Å². The summed E-state index contributed by atoms with van der Waals surface area (Å²) in [6.07, 6.45) is 0.848. The van der Waals surface area contributed by atoms with Crippen molar-refractivity contribution in [3.05, 3.63) is 71.3 Å². The number of hydrogen-bond donors (Lipinski definition) is 0. The second-order valence-corrected chi connectivity index (χ2v) is 3.84. The van der Waals surface area contributed by atoms with Crippen LogP contribution in [-0.4, -0.2) is 6.29 Å². The van der Waals surface area contributed by atoms with Gasteiger partial charge in [0.1, 0.15) is 6.29 Å². The molecule has 86 valence electrons. The van der Waals surface area contributed by atoms with Crippen LogP contribution in [0.3, 0.4) is 0 Å². The molecule has 0 amide bonds. The Bertz CT molecular complexity index is 477. The van der Waals surface area contributed by atoms with Crippen LogP contribution in [0.5, 0.6) is 0 Å². The van der Waals surface area contributed by atoms with Crippen molar-refractivity contribution >= 4 is 6.29 Å². The second-order valence-electron chi connectivity index (χ2n) is 3.84. The number of benzene rings is 2. The van der Waals surface area contributed by atoms with E-state index in [4.69, 9.17) is 4.74 Å². The lowest BCUT2D eigenvalue weighted by Crippen LogP contribution is -1.94. The molecule has 2 aromatic carbocycles. The Labute approximate surface area is 101 Å². The normalized spacial score (nSPS) is 10.1. The number of aldehydes is 1. The standard InChI is InChI=1S/C15H14O2/c16-10-14-7-4-8-15(9-14)12-17-11-13-5-2-1-3-6-13/h1-10H,11-12H2. The largest absolute Gasteiger partial charge is 0.372 e. The molecular formula is C15H14O2. The molecule has 0 saturated heterocycles. The Kier molecular flexibility index (Phi) is 4.05. The summed E-state index contributed by atoms with van der Waals surface area (Å²) in [5.41, 5.74) is 2.86. The van der Waals surface area contributed by atoms with Gasteiger partial charge < -0.3 is 4.74 Å². The highest BCUT2D eigenvalue weighted by Crippen LogP contribution is 2.07. The predicted octanol–water partition coefficient (Wildman–Crippen LogP) is 3.22. The van der Waals surface area contributed by atoms with Gasteiger partial charge in [-0.05, 0) is 17.2 Å². The molecule has 2 heteroatoms. The molecule has 0 aromatic heterocycles. The van der Waals surface area contributed by atoms with Crippen molar-refractivity contribution in [1.82, 2.24) is 0 Å². The average molecular weight is 226 g/mol. The van der Waals surface area contributed by atoms with E-state index in [1.807, 2.05) is 48.5 Å². The zero-order valence-corrected chi connectivity index (χ0v) is 9.50. The Morgan fingerprint density at radius 3 is 2.35 bits per heavy atom.